The molecule has 3 N–H and O–H groups in total. The molecule has 2 rings (SSSR count). The van der Waals surface area contributed by atoms with Crippen molar-refractivity contribution in [2.75, 3.05) is 36.9 Å². The van der Waals surface area contributed by atoms with Crippen LogP contribution in [-0.2, 0) is 0 Å². The molecule has 0 bridgehead atoms. The van der Waals surface area contributed by atoms with Crippen molar-refractivity contribution < 1.29 is 4.92 Å². The number of rotatable bonds is 7. The third kappa shape index (κ3) is 5.57. The number of nitrogens with zero attached hydrogens (tertiary/aromatic N) is 4. The number of hydrogen-bond donors (Lipinski definition) is 3. The molecule has 1 aromatic rings. The smallest absolute Gasteiger partial charge is 0.354 e. The van der Waals surface area contributed by atoms with Gasteiger partial charge in [0.2, 0.25) is 11.6 Å². The van der Waals surface area contributed by atoms with Gasteiger partial charge in [-0.05, 0) is 46.7 Å². The van der Waals surface area contributed by atoms with Gasteiger partial charge in [-0.25, -0.2) is 15.4 Å². The van der Waals surface area contributed by atoms with E-state index in [9.17, 15) is 10.1 Å². The van der Waals surface area contributed by atoms with Crippen LogP contribution < -0.4 is 16.2 Å². The van der Waals surface area contributed by atoms with Gasteiger partial charge >= 0.3 is 5.69 Å². The van der Waals surface area contributed by atoms with Crippen LogP contribution in [0, 0.1) is 10.1 Å². The molecule has 0 amide bonds. The first-order valence-corrected chi connectivity index (χ1v) is 8.35. The zero-order valence-corrected chi connectivity index (χ0v) is 14.6. The highest BCUT2D eigenvalue weighted by Crippen LogP contribution is 2.28. The van der Waals surface area contributed by atoms with Crippen LogP contribution in [0.5, 0.6) is 0 Å². The number of hydrogen-bond acceptors (Lipinski definition) is 8. The van der Waals surface area contributed by atoms with Crippen molar-refractivity contribution in [1.29, 1.82) is 0 Å². The van der Waals surface area contributed by atoms with E-state index >= 15 is 0 Å². The second kappa shape index (κ2) is 8.20. The molecule has 0 aromatic carbocycles. The van der Waals surface area contributed by atoms with E-state index in [0.717, 1.165) is 19.6 Å². The summed E-state index contributed by atoms with van der Waals surface area (Å²) in [6, 6.07) is 0. The molecule has 134 valence electrons. The molecule has 1 aliphatic rings. The lowest BCUT2D eigenvalue weighted by Crippen LogP contribution is -2.40. The quantitative estimate of drug-likeness (QED) is 0.512. The zero-order chi connectivity index (χ0) is 17.6. The highest BCUT2D eigenvalue weighted by molar-refractivity contribution is 5.68. The molecule has 0 radical (unpaired) electrons. The van der Waals surface area contributed by atoms with Crippen molar-refractivity contribution in [1.82, 2.24) is 20.3 Å². The van der Waals surface area contributed by atoms with Crippen molar-refractivity contribution in [2.45, 2.75) is 45.6 Å². The number of nitrogens with one attached hydrogen (secondary N) is 3. The Balaban J connectivity index is 2.01. The van der Waals surface area contributed by atoms with E-state index in [0.29, 0.717) is 6.54 Å². The van der Waals surface area contributed by atoms with Gasteiger partial charge in [0.25, 0.3) is 0 Å². The van der Waals surface area contributed by atoms with E-state index < -0.39 is 4.92 Å². The molecule has 0 saturated carbocycles. The molecule has 0 atom stereocenters. The number of anilines is 2. The molecule has 0 unspecified atom stereocenters. The summed E-state index contributed by atoms with van der Waals surface area (Å²) in [7, 11) is 0. The highest BCUT2D eigenvalue weighted by atomic mass is 16.6. The van der Waals surface area contributed by atoms with E-state index in [1.165, 1.54) is 25.6 Å². The van der Waals surface area contributed by atoms with Crippen LogP contribution in [0.4, 0.5) is 17.3 Å². The molecular formula is C15H27N7O2. The normalized spacial score (nSPS) is 16.0. The molecule has 0 spiro atoms. The molecule has 9 heteroatoms. The first-order valence-electron chi connectivity index (χ1n) is 8.35. The molecule has 24 heavy (non-hydrogen) atoms. The largest absolute Gasteiger partial charge is 0.363 e. The van der Waals surface area contributed by atoms with Crippen LogP contribution in [0.1, 0.15) is 40.0 Å². The fraction of sp³-hybridized carbons (Fsp3) is 0.733. The van der Waals surface area contributed by atoms with Crippen LogP contribution in [0.3, 0.4) is 0 Å². The average Bonchev–Trinajstić information content (AvgIpc) is 2.53. The van der Waals surface area contributed by atoms with E-state index in [1.807, 2.05) is 20.8 Å². The molecule has 2 heterocycles. The Kier molecular flexibility index (Phi) is 6.27. The van der Waals surface area contributed by atoms with Gasteiger partial charge in [0.05, 0.1) is 4.92 Å². The topological polar surface area (TPSA) is 108 Å². The SMILES string of the molecule is CC(C)(C)NNc1ncnc(NCCN2CCCCC2)c1[N+](=O)[O-]. The number of aromatic nitrogens is 2. The summed E-state index contributed by atoms with van der Waals surface area (Å²) in [6.45, 7) is 9.50. The molecule has 1 aliphatic heterocycles. The number of piperidine rings is 1. The second-order valence-electron chi connectivity index (χ2n) is 7.01. The molecule has 0 aliphatic carbocycles. The standard InChI is InChI=1S/C15H27N7O2/c1-15(2,3)20-19-14-12(22(23)24)13(17-11-18-14)16-7-10-21-8-5-4-6-9-21/h11,20H,4-10H2,1-3H3,(H2,16,17,18,19). The van der Waals surface area contributed by atoms with Crippen LogP contribution in [0.25, 0.3) is 0 Å². The fourth-order valence-electron chi connectivity index (χ4n) is 2.53. The van der Waals surface area contributed by atoms with Gasteiger partial charge in [0.1, 0.15) is 6.33 Å². The lowest BCUT2D eigenvalue weighted by Gasteiger charge is -2.26. The second-order valence-corrected chi connectivity index (χ2v) is 7.01. The van der Waals surface area contributed by atoms with Gasteiger partial charge in [0, 0.05) is 18.6 Å². The molecule has 9 nitrogen and oxygen atoms in total. The predicted octanol–water partition coefficient (Wildman–Crippen LogP) is 2.00. The summed E-state index contributed by atoms with van der Waals surface area (Å²) in [6.07, 6.45) is 5.06. The minimum absolute atomic E-state index is 0.145. The summed E-state index contributed by atoms with van der Waals surface area (Å²) in [5, 5.41) is 14.5. The summed E-state index contributed by atoms with van der Waals surface area (Å²) in [4.78, 5) is 21.4. The van der Waals surface area contributed by atoms with E-state index in [4.69, 9.17) is 0 Å². The maximum absolute atomic E-state index is 11.4. The van der Waals surface area contributed by atoms with Crippen molar-refractivity contribution in [2.24, 2.45) is 0 Å². The van der Waals surface area contributed by atoms with Crippen LogP contribution in [-0.4, -0.2) is 51.5 Å². The van der Waals surface area contributed by atoms with Crippen molar-refractivity contribution in [3.8, 4) is 0 Å². The Hall–Kier alpha value is -2.00. The van der Waals surface area contributed by atoms with E-state index in [1.54, 1.807) is 0 Å². The molecular weight excluding hydrogens is 310 g/mol. The Morgan fingerprint density at radius 2 is 1.88 bits per heavy atom. The number of hydrazine groups is 1. The zero-order valence-electron chi connectivity index (χ0n) is 14.6. The lowest BCUT2D eigenvalue weighted by atomic mass is 10.1. The Morgan fingerprint density at radius 3 is 2.50 bits per heavy atom. The molecule has 1 aromatic heterocycles. The highest BCUT2D eigenvalue weighted by Gasteiger charge is 2.24. The number of likely N-dealkylation sites (tertiary alicyclic amines) is 1. The van der Waals surface area contributed by atoms with Crippen LogP contribution in [0.2, 0.25) is 0 Å². The third-order valence-electron chi connectivity index (χ3n) is 3.73. The van der Waals surface area contributed by atoms with Gasteiger partial charge in [-0.15, -0.1) is 0 Å². The fourth-order valence-corrected chi connectivity index (χ4v) is 2.53. The third-order valence-corrected chi connectivity index (χ3v) is 3.73. The van der Waals surface area contributed by atoms with Gasteiger partial charge in [-0.3, -0.25) is 15.5 Å². The molecule has 1 fully saturated rings. The predicted molar refractivity (Wildman–Crippen MR) is 94.0 cm³/mol. The first-order chi connectivity index (χ1) is 11.4. The van der Waals surface area contributed by atoms with Gasteiger partial charge in [0.15, 0.2) is 0 Å². The van der Waals surface area contributed by atoms with Crippen LogP contribution >= 0.6 is 0 Å². The number of nitro groups is 1. The minimum Gasteiger partial charge on any atom is -0.363 e. The van der Waals surface area contributed by atoms with Crippen molar-refractivity contribution in [3.63, 3.8) is 0 Å². The van der Waals surface area contributed by atoms with Gasteiger partial charge < -0.3 is 10.2 Å². The monoisotopic (exact) mass is 337 g/mol. The first kappa shape index (κ1) is 18.3. The lowest BCUT2D eigenvalue weighted by molar-refractivity contribution is -0.383. The van der Waals surface area contributed by atoms with Crippen molar-refractivity contribution in [3.05, 3.63) is 16.4 Å². The average molecular weight is 337 g/mol. The van der Waals surface area contributed by atoms with Crippen molar-refractivity contribution >= 4 is 17.3 Å². The summed E-state index contributed by atoms with van der Waals surface area (Å²) in [5.74, 6) is 0.399. The van der Waals surface area contributed by atoms with E-state index in [2.05, 4.69) is 31.0 Å². The Morgan fingerprint density at radius 1 is 1.21 bits per heavy atom. The summed E-state index contributed by atoms with van der Waals surface area (Å²) >= 11 is 0. The summed E-state index contributed by atoms with van der Waals surface area (Å²) in [5.41, 5.74) is 5.41. The van der Waals surface area contributed by atoms with E-state index in [-0.39, 0.29) is 22.9 Å². The van der Waals surface area contributed by atoms with Gasteiger partial charge in [-0.2, -0.15) is 0 Å². The van der Waals surface area contributed by atoms with Gasteiger partial charge in [-0.1, -0.05) is 6.42 Å². The summed E-state index contributed by atoms with van der Waals surface area (Å²) < 4.78 is 0. The van der Waals surface area contributed by atoms with Crippen LogP contribution in [0.15, 0.2) is 6.33 Å². The maximum Gasteiger partial charge on any atom is 0.354 e. The molecule has 1 saturated heterocycles. The Bertz CT molecular complexity index is 553. The minimum atomic E-state index is -0.462. The Labute approximate surface area is 142 Å². The maximum atomic E-state index is 11.4.